The van der Waals surface area contributed by atoms with Gasteiger partial charge in [0.2, 0.25) is 0 Å². The van der Waals surface area contributed by atoms with Crippen LogP contribution in [0.5, 0.6) is 0 Å². The lowest BCUT2D eigenvalue weighted by atomic mass is 10.1. The molecule has 148 valence electrons. The van der Waals surface area contributed by atoms with E-state index in [9.17, 15) is 4.79 Å². The second kappa shape index (κ2) is 9.95. The quantitative estimate of drug-likeness (QED) is 0.314. The Kier molecular flexibility index (Phi) is 6.63. The van der Waals surface area contributed by atoms with Gasteiger partial charge >= 0.3 is 5.97 Å². The molecule has 0 fully saturated rings. The third-order valence-corrected chi connectivity index (χ3v) is 5.87. The second-order valence-corrected chi connectivity index (χ2v) is 8.04. The Balaban J connectivity index is 1.41. The predicted octanol–water partition coefficient (Wildman–Crippen LogP) is 6.79. The zero-order chi connectivity index (χ0) is 20.6. The number of hydrogen-bond donors (Lipinski definition) is 0. The van der Waals surface area contributed by atoms with Crippen molar-refractivity contribution in [1.82, 2.24) is 0 Å². The molecule has 0 spiro atoms. The highest BCUT2D eigenvalue weighted by Gasteiger charge is 2.10. The smallest absolute Gasteiger partial charge is 0.310 e. The molecule has 2 nitrogen and oxygen atoms in total. The van der Waals surface area contributed by atoms with E-state index in [0.717, 1.165) is 20.9 Å². The van der Waals surface area contributed by atoms with Gasteiger partial charge < -0.3 is 4.74 Å². The Hall–Kier alpha value is -3.30. The van der Waals surface area contributed by atoms with Crippen LogP contribution in [-0.2, 0) is 22.6 Å². The van der Waals surface area contributed by atoms with Crippen molar-refractivity contribution in [1.29, 1.82) is 0 Å². The molecule has 0 heterocycles. The summed E-state index contributed by atoms with van der Waals surface area (Å²) in [4.78, 5) is 14.6. The highest BCUT2D eigenvalue weighted by atomic mass is 32.2. The number of rotatable bonds is 7. The number of hydrogen-bond acceptors (Lipinski definition) is 3. The summed E-state index contributed by atoms with van der Waals surface area (Å²) in [5, 5.41) is 0. The SMILES string of the molecule is O=C(Cc1ccccc1Sc1ccc(-c2ccccc2)cc1)OCc1ccccc1. The minimum Gasteiger partial charge on any atom is -0.461 e. The van der Waals surface area contributed by atoms with E-state index in [4.69, 9.17) is 4.74 Å². The molecule has 0 aliphatic carbocycles. The van der Waals surface area contributed by atoms with Crippen LogP contribution in [0.1, 0.15) is 11.1 Å². The van der Waals surface area contributed by atoms with Crippen LogP contribution < -0.4 is 0 Å². The highest BCUT2D eigenvalue weighted by Crippen LogP contribution is 2.32. The lowest BCUT2D eigenvalue weighted by Gasteiger charge is -2.10. The Morgan fingerprint density at radius 1 is 0.667 bits per heavy atom. The summed E-state index contributed by atoms with van der Waals surface area (Å²) in [5.41, 5.74) is 4.37. The normalized spacial score (nSPS) is 10.5. The molecule has 0 radical (unpaired) electrons. The minimum atomic E-state index is -0.216. The fourth-order valence-corrected chi connectivity index (χ4v) is 4.11. The van der Waals surface area contributed by atoms with Crippen molar-refractivity contribution in [3.05, 3.63) is 120 Å². The molecule has 0 aliphatic heterocycles. The van der Waals surface area contributed by atoms with Crippen molar-refractivity contribution in [2.75, 3.05) is 0 Å². The highest BCUT2D eigenvalue weighted by molar-refractivity contribution is 7.99. The molecule has 0 aromatic heterocycles. The standard InChI is InChI=1S/C27H22O2S/c28-27(29-20-21-9-3-1-4-10-21)19-24-13-7-8-14-26(24)30-25-17-15-23(16-18-25)22-11-5-2-6-12-22/h1-18H,19-20H2. The van der Waals surface area contributed by atoms with Crippen LogP contribution in [0.3, 0.4) is 0 Å². The fourth-order valence-electron chi connectivity index (χ4n) is 3.17. The van der Waals surface area contributed by atoms with E-state index in [1.807, 2.05) is 66.7 Å². The summed E-state index contributed by atoms with van der Waals surface area (Å²) in [5.74, 6) is -0.216. The van der Waals surface area contributed by atoms with Crippen LogP contribution in [0.15, 0.2) is 119 Å². The third kappa shape index (κ3) is 5.40. The molecule has 0 amide bonds. The fraction of sp³-hybridized carbons (Fsp3) is 0.0741. The average Bonchev–Trinajstić information content (AvgIpc) is 2.81. The van der Waals surface area contributed by atoms with Gasteiger partial charge in [0, 0.05) is 9.79 Å². The van der Waals surface area contributed by atoms with Gasteiger partial charge in [-0.15, -0.1) is 0 Å². The first-order valence-electron chi connectivity index (χ1n) is 9.89. The third-order valence-electron chi connectivity index (χ3n) is 4.74. The summed E-state index contributed by atoms with van der Waals surface area (Å²) < 4.78 is 5.45. The zero-order valence-electron chi connectivity index (χ0n) is 16.5. The molecular formula is C27H22O2S. The van der Waals surface area contributed by atoms with E-state index in [1.54, 1.807) is 11.8 Å². The summed E-state index contributed by atoms with van der Waals surface area (Å²) in [6.45, 7) is 0.302. The molecule has 4 aromatic carbocycles. The maximum Gasteiger partial charge on any atom is 0.310 e. The number of carbonyl (C=O) groups excluding carboxylic acids is 1. The van der Waals surface area contributed by atoms with Crippen LogP contribution in [0.25, 0.3) is 11.1 Å². The van der Waals surface area contributed by atoms with Gasteiger partial charge in [0.05, 0.1) is 6.42 Å². The Labute approximate surface area is 181 Å². The monoisotopic (exact) mass is 410 g/mol. The van der Waals surface area contributed by atoms with Gasteiger partial charge in [-0.3, -0.25) is 4.79 Å². The first-order valence-corrected chi connectivity index (χ1v) is 10.7. The van der Waals surface area contributed by atoms with Crippen LogP contribution >= 0.6 is 11.8 Å². The van der Waals surface area contributed by atoms with Gasteiger partial charge in [0.25, 0.3) is 0 Å². The zero-order valence-corrected chi connectivity index (χ0v) is 17.3. The molecule has 0 aliphatic rings. The van der Waals surface area contributed by atoms with Crippen LogP contribution in [-0.4, -0.2) is 5.97 Å². The van der Waals surface area contributed by atoms with Gasteiger partial charge in [-0.1, -0.05) is 103 Å². The van der Waals surface area contributed by atoms with E-state index in [2.05, 4.69) is 42.5 Å². The summed E-state index contributed by atoms with van der Waals surface area (Å²) >= 11 is 1.67. The Morgan fingerprint density at radius 2 is 1.27 bits per heavy atom. The summed E-state index contributed by atoms with van der Waals surface area (Å²) in [6.07, 6.45) is 0.262. The predicted molar refractivity (Wildman–Crippen MR) is 122 cm³/mol. The van der Waals surface area contributed by atoms with Gasteiger partial charge in [0.15, 0.2) is 0 Å². The molecule has 4 rings (SSSR count). The molecular weight excluding hydrogens is 388 g/mol. The van der Waals surface area contributed by atoms with E-state index in [-0.39, 0.29) is 12.4 Å². The molecule has 0 saturated carbocycles. The first kappa shape index (κ1) is 20.0. The van der Waals surface area contributed by atoms with Crippen molar-refractivity contribution >= 4 is 17.7 Å². The molecule has 0 bridgehead atoms. The molecule has 0 atom stereocenters. The van der Waals surface area contributed by atoms with Crippen molar-refractivity contribution in [3.63, 3.8) is 0 Å². The van der Waals surface area contributed by atoms with Crippen molar-refractivity contribution in [2.45, 2.75) is 22.8 Å². The largest absolute Gasteiger partial charge is 0.461 e. The van der Waals surface area contributed by atoms with Gasteiger partial charge in [-0.25, -0.2) is 0 Å². The van der Waals surface area contributed by atoms with Crippen molar-refractivity contribution < 1.29 is 9.53 Å². The lowest BCUT2D eigenvalue weighted by molar-refractivity contribution is -0.144. The van der Waals surface area contributed by atoms with E-state index < -0.39 is 0 Å². The van der Waals surface area contributed by atoms with Crippen molar-refractivity contribution in [2.24, 2.45) is 0 Å². The molecule has 0 saturated heterocycles. The Bertz CT molecular complexity index is 1090. The van der Waals surface area contributed by atoms with Crippen molar-refractivity contribution in [3.8, 4) is 11.1 Å². The molecule has 0 N–H and O–H groups in total. The number of esters is 1. The van der Waals surface area contributed by atoms with E-state index >= 15 is 0 Å². The summed E-state index contributed by atoms with van der Waals surface area (Å²) in [6, 6.07) is 36.6. The van der Waals surface area contributed by atoms with Crippen LogP contribution in [0.4, 0.5) is 0 Å². The number of benzene rings is 4. The average molecular weight is 411 g/mol. The van der Waals surface area contributed by atoms with Crippen LogP contribution in [0.2, 0.25) is 0 Å². The number of ether oxygens (including phenoxy) is 1. The molecule has 0 unspecified atom stereocenters. The van der Waals surface area contributed by atoms with E-state index in [1.165, 1.54) is 11.1 Å². The maximum absolute atomic E-state index is 12.4. The van der Waals surface area contributed by atoms with Gasteiger partial charge in [-0.2, -0.15) is 0 Å². The Morgan fingerprint density at radius 3 is 2.00 bits per heavy atom. The molecule has 30 heavy (non-hydrogen) atoms. The van der Waals surface area contributed by atoms with Gasteiger partial charge in [-0.05, 0) is 40.5 Å². The second-order valence-electron chi connectivity index (χ2n) is 6.92. The molecule has 3 heteroatoms. The number of carbonyl (C=O) groups is 1. The first-order chi connectivity index (χ1) is 14.8. The van der Waals surface area contributed by atoms with Gasteiger partial charge in [0.1, 0.15) is 6.61 Å². The maximum atomic E-state index is 12.4. The lowest BCUT2D eigenvalue weighted by Crippen LogP contribution is -2.08. The van der Waals surface area contributed by atoms with E-state index in [0.29, 0.717) is 6.61 Å². The summed E-state index contributed by atoms with van der Waals surface area (Å²) in [7, 11) is 0. The minimum absolute atomic E-state index is 0.216. The molecule has 4 aromatic rings. The topological polar surface area (TPSA) is 26.3 Å². The van der Waals surface area contributed by atoms with Crippen LogP contribution in [0, 0.1) is 0 Å².